The van der Waals surface area contributed by atoms with Gasteiger partial charge in [-0.2, -0.15) is 0 Å². The van der Waals surface area contributed by atoms with Crippen LogP contribution in [0.5, 0.6) is 5.75 Å². The van der Waals surface area contributed by atoms with Crippen LogP contribution in [0.1, 0.15) is 11.1 Å². The van der Waals surface area contributed by atoms with Crippen molar-refractivity contribution in [3.8, 4) is 5.75 Å². The second-order valence-corrected chi connectivity index (χ2v) is 11.1. The lowest BCUT2D eigenvalue weighted by Gasteiger charge is -2.13. The molecule has 0 atom stereocenters. The fourth-order valence-corrected chi connectivity index (χ4v) is 5.68. The van der Waals surface area contributed by atoms with E-state index in [0.29, 0.717) is 15.9 Å². The molecular formula is C21H21BrN2O5S2. The molecule has 3 rings (SSSR count). The Labute approximate surface area is 190 Å². The molecule has 0 radical (unpaired) electrons. The van der Waals surface area contributed by atoms with Crippen molar-refractivity contribution in [3.05, 3.63) is 76.3 Å². The van der Waals surface area contributed by atoms with E-state index in [4.69, 9.17) is 4.74 Å². The standard InChI is InChI=1S/C21H21BrN2O5S2/c1-14-4-5-15(2)20(12-14)24-30(25,26)17-8-6-16(7-9-17)23-31(27,28)18-10-11-21(29-3)19(22)13-18/h4-13,23-24H,1-3H3. The molecule has 0 bridgehead atoms. The lowest BCUT2D eigenvalue weighted by Crippen LogP contribution is -2.15. The molecule has 3 aromatic rings. The summed E-state index contributed by atoms with van der Waals surface area (Å²) in [5.74, 6) is 0.504. The Morgan fingerprint density at radius 1 is 0.774 bits per heavy atom. The third-order valence-electron chi connectivity index (χ3n) is 4.49. The van der Waals surface area contributed by atoms with Gasteiger partial charge in [-0.1, -0.05) is 12.1 Å². The van der Waals surface area contributed by atoms with Crippen LogP contribution in [-0.4, -0.2) is 23.9 Å². The van der Waals surface area contributed by atoms with Crippen LogP contribution in [0.3, 0.4) is 0 Å². The highest BCUT2D eigenvalue weighted by molar-refractivity contribution is 9.10. The van der Waals surface area contributed by atoms with Gasteiger partial charge < -0.3 is 4.74 Å². The van der Waals surface area contributed by atoms with Crippen molar-refractivity contribution in [2.75, 3.05) is 16.6 Å². The normalized spacial score (nSPS) is 11.7. The number of hydrogen-bond acceptors (Lipinski definition) is 5. The first-order valence-electron chi connectivity index (χ1n) is 9.08. The summed E-state index contributed by atoms with van der Waals surface area (Å²) in [6.07, 6.45) is 0. The minimum absolute atomic E-state index is 0.0172. The predicted molar refractivity (Wildman–Crippen MR) is 125 cm³/mol. The summed E-state index contributed by atoms with van der Waals surface area (Å²) in [4.78, 5) is 0.0528. The molecule has 0 aromatic heterocycles. The van der Waals surface area contributed by atoms with Crippen LogP contribution >= 0.6 is 15.9 Å². The second kappa shape index (κ2) is 8.89. The number of hydrogen-bond donors (Lipinski definition) is 2. The molecule has 31 heavy (non-hydrogen) atoms. The maximum absolute atomic E-state index is 12.7. The van der Waals surface area contributed by atoms with Gasteiger partial charge in [0.25, 0.3) is 20.0 Å². The first-order chi connectivity index (χ1) is 14.5. The number of anilines is 2. The van der Waals surface area contributed by atoms with Gasteiger partial charge in [-0.3, -0.25) is 9.44 Å². The van der Waals surface area contributed by atoms with Gasteiger partial charge in [-0.25, -0.2) is 16.8 Å². The van der Waals surface area contributed by atoms with Gasteiger partial charge in [0, 0.05) is 5.69 Å². The monoisotopic (exact) mass is 524 g/mol. The first kappa shape index (κ1) is 23.1. The molecule has 0 unspecified atom stereocenters. The number of rotatable bonds is 7. The lowest BCUT2D eigenvalue weighted by molar-refractivity contribution is 0.411. The Balaban J connectivity index is 1.81. The average molecular weight is 525 g/mol. The molecule has 0 saturated carbocycles. The molecule has 2 N–H and O–H groups in total. The minimum Gasteiger partial charge on any atom is -0.496 e. The molecule has 0 aliphatic rings. The van der Waals surface area contributed by atoms with E-state index in [1.165, 1.54) is 49.6 Å². The molecule has 0 heterocycles. The molecule has 0 aliphatic carbocycles. The van der Waals surface area contributed by atoms with Crippen LogP contribution in [0.15, 0.2) is 74.9 Å². The van der Waals surface area contributed by atoms with Crippen molar-refractivity contribution in [3.63, 3.8) is 0 Å². The largest absolute Gasteiger partial charge is 0.496 e. The molecule has 3 aromatic carbocycles. The highest BCUT2D eigenvalue weighted by Gasteiger charge is 2.18. The van der Waals surface area contributed by atoms with E-state index in [1.54, 1.807) is 6.07 Å². The van der Waals surface area contributed by atoms with Crippen molar-refractivity contribution in [2.24, 2.45) is 0 Å². The number of methoxy groups -OCH3 is 1. The van der Waals surface area contributed by atoms with Crippen molar-refractivity contribution in [1.29, 1.82) is 0 Å². The first-order valence-corrected chi connectivity index (χ1v) is 12.8. The van der Waals surface area contributed by atoms with E-state index >= 15 is 0 Å². The average Bonchev–Trinajstić information content (AvgIpc) is 2.70. The predicted octanol–water partition coefficient (Wildman–Crippen LogP) is 4.68. The van der Waals surface area contributed by atoms with Crippen LogP contribution in [0.4, 0.5) is 11.4 Å². The van der Waals surface area contributed by atoms with Gasteiger partial charge in [-0.05, 0) is 89.4 Å². The van der Waals surface area contributed by atoms with Crippen LogP contribution in [0, 0.1) is 13.8 Å². The molecular weight excluding hydrogens is 504 g/mol. The third kappa shape index (κ3) is 5.38. The van der Waals surface area contributed by atoms with Crippen LogP contribution < -0.4 is 14.2 Å². The van der Waals surface area contributed by atoms with Gasteiger partial charge in [0.05, 0.1) is 27.1 Å². The Morgan fingerprint density at radius 2 is 1.39 bits per heavy atom. The van der Waals surface area contributed by atoms with Crippen molar-refractivity contribution < 1.29 is 21.6 Å². The minimum atomic E-state index is -3.87. The maximum Gasteiger partial charge on any atom is 0.261 e. The number of sulfonamides is 2. The molecule has 0 spiro atoms. The maximum atomic E-state index is 12.7. The highest BCUT2D eigenvalue weighted by atomic mass is 79.9. The van der Waals surface area contributed by atoms with Gasteiger partial charge in [0.2, 0.25) is 0 Å². The second-order valence-electron chi connectivity index (χ2n) is 6.85. The zero-order valence-corrected chi connectivity index (χ0v) is 20.2. The van der Waals surface area contributed by atoms with Crippen LogP contribution in [0.25, 0.3) is 0 Å². The number of benzene rings is 3. The van der Waals surface area contributed by atoms with E-state index in [0.717, 1.165) is 11.1 Å². The van der Waals surface area contributed by atoms with Crippen LogP contribution in [0.2, 0.25) is 0 Å². The molecule has 0 amide bonds. The summed E-state index contributed by atoms with van der Waals surface area (Å²) in [7, 11) is -6.21. The van der Waals surface area contributed by atoms with E-state index in [2.05, 4.69) is 25.4 Å². The van der Waals surface area contributed by atoms with E-state index in [1.807, 2.05) is 26.0 Å². The molecule has 164 valence electrons. The summed E-state index contributed by atoms with van der Waals surface area (Å²) < 4.78 is 61.3. The van der Waals surface area contributed by atoms with Crippen molar-refractivity contribution >= 4 is 47.4 Å². The van der Waals surface area contributed by atoms with Crippen molar-refractivity contribution in [1.82, 2.24) is 0 Å². The van der Waals surface area contributed by atoms with Gasteiger partial charge >= 0.3 is 0 Å². The summed E-state index contributed by atoms with van der Waals surface area (Å²) in [5.41, 5.74) is 2.45. The fourth-order valence-electron chi connectivity index (χ4n) is 2.78. The Bertz CT molecular complexity index is 1320. The molecule has 0 aliphatic heterocycles. The summed E-state index contributed by atoms with van der Waals surface area (Å²) >= 11 is 3.26. The zero-order chi connectivity index (χ0) is 22.8. The van der Waals surface area contributed by atoms with Gasteiger partial charge in [0.1, 0.15) is 5.75 Å². The number of halogens is 1. The Kier molecular flexibility index (Phi) is 6.63. The summed E-state index contributed by atoms with van der Waals surface area (Å²) in [6, 6.07) is 15.3. The third-order valence-corrected chi connectivity index (χ3v) is 7.87. The van der Waals surface area contributed by atoms with Crippen LogP contribution in [-0.2, 0) is 20.0 Å². The number of ether oxygens (including phenoxy) is 1. The van der Waals surface area contributed by atoms with E-state index < -0.39 is 20.0 Å². The molecule has 0 saturated heterocycles. The SMILES string of the molecule is COc1ccc(S(=O)(=O)Nc2ccc(S(=O)(=O)Nc3cc(C)ccc3C)cc2)cc1Br. The number of aryl methyl sites for hydroxylation is 2. The summed E-state index contributed by atoms with van der Waals surface area (Å²) in [5, 5.41) is 0. The summed E-state index contributed by atoms with van der Waals surface area (Å²) in [6.45, 7) is 3.69. The molecule has 10 heteroatoms. The topological polar surface area (TPSA) is 102 Å². The Morgan fingerprint density at radius 3 is 2.00 bits per heavy atom. The highest BCUT2D eigenvalue weighted by Crippen LogP contribution is 2.28. The Hall–Kier alpha value is -2.56. The van der Waals surface area contributed by atoms with Gasteiger partial charge in [-0.15, -0.1) is 0 Å². The van der Waals surface area contributed by atoms with E-state index in [-0.39, 0.29) is 15.5 Å². The lowest BCUT2D eigenvalue weighted by atomic mass is 10.1. The van der Waals surface area contributed by atoms with E-state index in [9.17, 15) is 16.8 Å². The number of nitrogens with one attached hydrogen (secondary N) is 2. The quantitative estimate of drug-likeness (QED) is 0.467. The molecule has 7 nitrogen and oxygen atoms in total. The smallest absolute Gasteiger partial charge is 0.261 e. The zero-order valence-electron chi connectivity index (χ0n) is 17.0. The van der Waals surface area contributed by atoms with Crippen molar-refractivity contribution in [2.45, 2.75) is 23.6 Å². The van der Waals surface area contributed by atoms with Gasteiger partial charge in [0.15, 0.2) is 0 Å². The fraction of sp³-hybridized carbons (Fsp3) is 0.143. The molecule has 0 fully saturated rings.